The molecule has 6 nitrogen and oxygen atoms in total. The van der Waals surface area contributed by atoms with E-state index >= 15 is 0 Å². The zero-order chi connectivity index (χ0) is 15.6. The molecule has 0 rings (SSSR count). The second-order valence-electron chi connectivity index (χ2n) is 4.69. The quantitative estimate of drug-likeness (QED) is 0.587. The van der Waals surface area contributed by atoms with Crippen LogP contribution in [-0.4, -0.2) is 67.2 Å². The lowest BCUT2D eigenvalue weighted by Gasteiger charge is -2.23. The summed E-state index contributed by atoms with van der Waals surface area (Å²) in [4.78, 5) is 12.7. The summed E-state index contributed by atoms with van der Waals surface area (Å²) >= 11 is 0. The number of rotatable bonds is 12. The number of carbonyl (C=O) groups is 1. The Morgan fingerprint density at radius 2 is 1.60 bits per heavy atom. The monoisotopic (exact) mass is 308 g/mol. The minimum atomic E-state index is -3.33. The zero-order valence-corrected chi connectivity index (χ0v) is 13.7. The van der Waals surface area contributed by atoms with Gasteiger partial charge in [0.25, 0.3) is 0 Å². The first kappa shape index (κ1) is 19.3. The van der Waals surface area contributed by atoms with Gasteiger partial charge in [-0.2, -0.15) is 0 Å². The van der Waals surface area contributed by atoms with Crippen LogP contribution >= 0.6 is 0 Å². The van der Waals surface area contributed by atoms with Gasteiger partial charge in [0, 0.05) is 19.5 Å². The normalized spacial score (nSPS) is 12.2. The number of aliphatic carboxylic acids is 1. The van der Waals surface area contributed by atoms with Gasteiger partial charge in [-0.1, -0.05) is 20.8 Å². The molecular weight excluding hydrogens is 280 g/mol. The van der Waals surface area contributed by atoms with E-state index in [-0.39, 0.29) is 18.6 Å². The lowest BCUT2D eigenvalue weighted by atomic mass is 10.3. The summed E-state index contributed by atoms with van der Waals surface area (Å²) < 4.78 is 25.6. The van der Waals surface area contributed by atoms with Gasteiger partial charge in [-0.15, -0.1) is 0 Å². The molecule has 0 spiro atoms. The highest BCUT2D eigenvalue weighted by atomic mass is 32.2. The van der Waals surface area contributed by atoms with Gasteiger partial charge in [0.05, 0.1) is 5.75 Å². The maximum absolute atomic E-state index is 12.1. The van der Waals surface area contributed by atoms with Gasteiger partial charge >= 0.3 is 5.97 Å². The van der Waals surface area contributed by atoms with E-state index in [1.807, 2.05) is 6.92 Å². The van der Waals surface area contributed by atoms with Gasteiger partial charge in [-0.25, -0.2) is 12.7 Å². The average Bonchev–Trinajstić information content (AvgIpc) is 2.38. The number of nitrogens with zero attached hydrogens (tertiary/aromatic N) is 2. The van der Waals surface area contributed by atoms with Crippen molar-refractivity contribution < 1.29 is 18.3 Å². The predicted octanol–water partition coefficient (Wildman–Crippen LogP) is 1.23. The Hall–Kier alpha value is -0.660. The second kappa shape index (κ2) is 10.1. The largest absolute Gasteiger partial charge is 0.481 e. The fourth-order valence-electron chi connectivity index (χ4n) is 2.04. The Balaban J connectivity index is 4.25. The average molecular weight is 308 g/mol. The van der Waals surface area contributed by atoms with Crippen LogP contribution in [0.25, 0.3) is 0 Å². The van der Waals surface area contributed by atoms with E-state index in [2.05, 4.69) is 18.7 Å². The fraction of sp³-hybridized carbons (Fsp3) is 0.923. The summed E-state index contributed by atoms with van der Waals surface area (Å²) in [5.74, 6) is -1.04. The van der Waals surface area contributed by atoms with Crippen molar-refractivity contribution in [2.24, 2.45) is 0 Å². The SMILES string of the molecule is CCN(CC)CCCN(CC)S(=O)(=O)CCCC(=O)O. The third-order valence-electron chi connectivity index (χ3n) is 3.32. The molecule has 1 N–H and O–H groups in total. The van der Waals surface area contributed by atoms with Crippen molar-refractivity contribution >= 4 is 16.0 Å². The van der Waals surface area contributed by atoms with Crippen LogP contribution in [0.3, 0.4) is 0 Å². The van der Waals surface area contributed by atoms with Crippen LogP contribution in [0.4, 0.5) is 0 Å². The van der Waals surface area contributed by atoms with Crippen LogP contribution in [0.1, 0.15) is 40.0 Å². The van der Waals surface area contributed by atoms with Crippen LogP contribution in [0.15, 0.2) is 0 Å². The number of carboxylic acids is 1. The number of carboxylic acid groups (broad SMARTS) is 1. The third-order valence-corrected chi connectivity index (χ3v) is 5.35. The molecule has 0 aliphatic carbocycles. The molecule has 0 aromatic carbocycles. The standard InChI is InChI=1S/C13H28N2O4S/c1-4-14(5-2)10-8-11-15(6-3)20(18,19)12-7-9-13(16)17/h4-12H2,1-3H3,(H,16,17). The molecule has 120 valence electrons. The predicted molar refractivity (Wildman–Crippen MR) is 80.3 cm³/mol. The third kappa shape index (κ3) is 7.81. The Morgan fingerprint density at radius 3 is 2.05 bits per heavy atom. The van der Waals surface area contributed by atoms with Crippen molar-refractivity contribution in [1.29, 1.82) is 0 Å². The molecule has 0 fully saturated rings. The van der Waals surface area contributed by atoms with Gasteiger partial charge in [0.2, 0.25) is 10.0 Å². The van der Waals surface area contributed by atoms with Crippen LogP contribution in [0.5, 0.6) is 0 Å². The Bertz CT molecular complexity index is 367. The van der Waals surface area contributed by atoms with Crippen LogP contribution in [0, 0.1) is 0 Å². The fourth-order valence-corrected chi connectivity index (χ4v) is 3.61. The molecule has 0 unspecified atom stereocenters. The highest BCUT2D eigenvalue weighted by Crippen LogP contribution is 2.06. The Morgan fingerprint density at radius 1 is 1.00 bits per heavy atom. The van der Waals surface area contributed by atoms with Crippen molar-refractivity contribution in [1.82, 2.24) is 9.21 Å². The summed E-state index contributed by atoms with van der Waals surface area (Å²) in [7, 11) is -3.33. The van der Waals surface area contributed by atoms with Crippen LogP contribution in [-0.2, 0) is 14.8 Å². The molecule has 20 heavy (non-hydrogen) atoms. The van der Waals surface area contributed by atoms with Crippen molar-refractivity contribution in [2.45, 2.75) is 40.0 Å². The van der Waals surface area contributed by atoms with Gasteiger partial charge in [-0.3, -0.25) is 4.79 Å². The molecule has 0 saturated carbocycles. The summed E-state index contributed by atoms with van der Waals surface area (Å²) in [6, 6.07) is 0. The van der Waals surface area contributed by atoms with Crippen molar-refractivity contribution in [2.75, 3.05) is 38.5 Å². The molecule has 0 saturated heterocycles. The first-order valence-electron chi connectivity index (χ1n) is 7.29. The molecule has 7 heteroatoms. The maximum Gasteiger partial charge on any atom is 0.303 e. The van der Waals surface area contributed by atoms with Crippen molar-refractivity contribution in [3.8, 4) is 0 Å². The highest BCUT2D eigenvalue weighted by molar-refractivity contribution is 7.89. The van der Waals surface area contributed by atoms with Gasteiger partial charge in [0.15, 0.2) is 0 Å². The topological polar surface area (TPSA) is 77.9 Å². The van der Waals surface area contributed by atoms with Crippen molar-refractivity contribution in [3.63, 3.8) is 0 Å². The first-order valence-corrected chi connectivity index (χ1v) is 8.90. The van der Waals surface area contributed by atoms with E-state index in [0.29, 0.717) is 13.1 Å². The molecule has 0 aromatic heterocycles. The van der Waals surface area contributed by atoms with Gasteiger partial charge in [0.1, 0.15) is 0 Å². The zero-order valence-electron chi connectivity index (χ0n) is 12.8. The minimum Gasteiger partial charge on any atom is -0.481 e. The molecule has 0 amide bonds. The molecule has 0 radical (unpaired) electrons. The lowest BCUT2D eigenvalue weighted by Crippen LogP contribution is -2.35. The minimum absolute atomic E-state index is 0.0849. The molecule has 0 bridgehead atoms. The van der Waals surface area contributed by atoms with E-state index in [1.165, 1.54) is 4.31 Å². The smallest absolute Gasteiger partial charge is 0.303 e. The Kier molecular flexibility index (Phi) is 9.79. The number of hydrogen-bond donors (Lipinski definition) is 1. The van der Waals surface area contributed by atoms with E-state index < -0.39 is 16.0 Å². The number of sulfonamides is 1. The van der Waals surface area contributed by atoms with Crippen LogP contribution < -0.4 is 0 Å². The second-order valence-corrected chi connectivity index (χ2v) is 6.77. The van der Waals surface area contributed by atoms with E-state index in [1.54, 1.807) is 0 Å². The molecule has 0 aromatic rings. The summed E-state index contributed by atoms with van der Waals surface area (Å²) in [5, 5.41) is 8.55. The summed E-state index contributed by atoms with van der Waals surface area (Å²) in [6.45, 7) is 9.74. The summed E-state index contributed by atoms with van der Waals surface area (Å²) in [5.41, 5.74) is 0. The van der Waals surface area contributed by atoms with E-state index in [4.69, 9.17) is 5.11 Å². The van der Waals surface area contributed by atoms with Crippen LogP contribution in [0.2, 0.25) is 0 Å². The lowest BCUT2D eigenvalue weighted by molar-refractivity contribution is -0.137. The summed E-state index contributed by atoms with van der Waals surface area (Å²) in [6.07, 6.45) is 0.869. The first-order chi connectivity index (χ1) is 9.37. The molecule has 0 atom stereocenters. The molecule has 0 aliphatic rings. The van der Waals surface area contributed by atoms with E-state index in [0.717, 1.165) is 26.1 Å². The Labute approximate surface area is 122 Å². The van der Waals surface area contributed by atoms with Gasteiger partial charge < -0.3 is 10.0 Å². The highest BCUT2D eigenvalue weighted by Gasteiger charge is 2.20. The van der Waals surface area contributed by atoms with Gasteiger partial charge in [-0.05, 0) is 32.5 Å². The van der Waals surface area contributed by atoms with Crippen molar-refractivity contribution in [3.05, 3.63) is 0 Å². The van der Waals surface area contributed by atoms with E-state index in [9.17, 15) is 13.2 Å². The molecular formula is C13H28N2O4S. The maximum atomic E-state index is 12.1. The molecule has 0 aliphatic heterocycles. The molecule has 0 heterocycles. The number of hydrogen-bond acceptors (Lipinski definition) is 4.